The third-order valence-electron chi connectivity index (χ3n) is 4.81. The molecule has 0 saturated heterocycles. The van der Waals surface area contributed by atoms with Crippen molar-refractivity contribution in [3.8, 4) is 11.5 Å². The van der Waals surface area contributed by atoms with E-state index in [4.69, 9.17) is 32.7 Å². The maximum atomic E-state index is 6.10. The average molecular weight is 517 g/mol. The normalized spacial score (nSPS) is 11.0. The molecule has 0 aliphatic heterocycles. The second-order valence-electron chi connectivity index (χ2n) is 7.31. The zero-order valence-corrected chi connectivity index (χ0v) is 21.0. The van der Waals surface area contributed by atoms with Crippen molar-refractivity contribution in [2.24, 2.45) is 0 Å². The SMILES string of the molecule is CCCCCCCCNCc1cc(OCC)c(OCc2ccc(Cl)c(Cl)c2)cc1Br. The first-order valence-electron chi connectivity index (χ1n) is 10.8. The van der Waals surface area contributed by atoms with Crippen LogP contribution in [0.2, 0.25) is 10.0 Å². The summed E-state index contributed by atoms with van der Waals surface area (Å²) in [5.74, 6) is 1.45. The molecule has 0 bridgehead atoms. The van der Waals surface area contributed by atoms with Crippen molar-refractivity contribution in [2.75, 3.05) is 13.2 Å². The summed E-state index contributed by atoms with van der Waals surface area (Å²) in [6, 6.07) is 9.53. The van der Waals surface area contributed by atoms with Gasteiger partial charge in [-0.2, -0.15) is 0 Å². The summed E-state index contributed by atoms with van der Waals surface area (Å²) in [5, 5.41) is 4.60. The van der Waals surface area contributed by atoms with Crippen molar-refractivity contribution < 1.29 is 9.47 Å². The molecule has 1 N–H and O–H groups in total. The Morgan fingerprint density at radius 3 is 2.33 bits per heavy atom. The van der Waals surface area contributed by atoms with Crippen molar-refractivity contribution in [3.63, 3.8) is 0 Å². The Morgan fingerprint density at radius 1 is 0.867 bits per heavy atom. The minimum atomic E-state index is 0.388. The van der Waals surface area contributed by atoms with Gasteiger partial charge in [0.15, 0.2) is 11.5 Å². The van der Waals surface area contributed by atoms with Gasteiger partial charge in [-0.05, 0) is 55.3 Å². The van der Waals surface area contributed by atoms with E-state index >= 15 is 0 Å². The molecule has 0 aliphatic rings. The van der Waals surface area contributed by atoms with E-state index < -0.39 is 0 Å². The van der Waals surface area contributed by atoms with E-state index in [1.165, 1.54) is 38.5 Å². The molecule has 2 rings (SSSR count). The molecule has 0 aliphatic carbocycles. The van der Waals surface area contributed by atoms with Crippen molar-refractivity contribution >= 4 is 39.1 Å². The summed E-state index contributed by atoms with van der Waals surface area (Å²) in [7, 11) is 0. The minimum absolute atomic E-state index is 0.388. The topological polar surface area (TPSA) is 30.5 Å². The molecule has 0 unspecified atom stereocenters. The van der Waals surface area contributed by atoms with Gasteiger partial charge >= 0.3 is 0 Å². The molecule has 6 heteroatoms. The highest BCUT2D eigenvalue weighted by Crippen LogP contribution is 2.35. The van der Waals surface area contributed by atoms with Crippen LogP contribution in [0.3, 0.4) is 0 Å². The fraction of sp³-hybridized carbons (Fsp3) is 0.500. The second-order valence-corrected chi connectivity index (χ2v) is 8.97. The molecule has 2 aromatic carbocycles. The first-order chi connectivity index (χ1) is 14.5. The van der Waals surface area contributed by atoms with E-state index in [0.29, 0.717) is 29.0 Å². The molecule has 30 heavy (non-hydrogen) atoms. The molecule has 166 valence electrons. The van der Waals surface area contributed by atoms with Crippen LogP contribution in [0.25, 0.3) is 0 Å². The average Bonchev–Trinajstić information content (AvgIpc) is 2.73. The number of unbranched alkanes of at least 4 members (excludes halogenated alkanes) is 5. The van der Waals surface area contributed by atoms with Crippen molar-refractivity contribution in [2.45, 2.75) is 65.5 Å². The predicted octanol–water partition coefficient (Wildman–Crippen LogP) is 8.18. The quantitative estimate of drug-likeness (QED) is 0.257. The summed E-state index contributed by atoms with van der Waals surface area (Å²) >= 11 is 15.8. The van der Waals surface area contributed by atoms with Crippen LogP contribution in [-0.2, 0) is 13.2 Å². The van der Waals surface area contributed by atoms with Gasteiger partial charge in [-0.25, -0.2) is 0 Å². The summed E-state index contributed by atoms with van der Waals surface area (Å²) in [5.41, 5.74) is 2.11. The van der Waals surface area contributed by atoms with Gasteiger partial charge in [0.05, 0.1) is 16.7 Å². The summed E-state index contributed by atoms with van der Waals surface area (Å²) in [6.07, 6.45) is 7.83. The number of rotatable bonds is 14. The van der Waals surface area contributed by atoms with E-state index in [0.717, 1.165) is 34.4 Å². The van der Waals surface area contributed by atoms with Crippen LogP contribution in [0.15, 0.2) is 34.8 Å². The fourth-order valence-electron chi connectivity index (χ4n) is 3.14. The second kappa shape index (κ2) is 14.2. The minimum Gasteiger partial charge on any atom is -0.490 e. The van der Waals surface area contributed by atoms with Crippen LogP contribution in [0.4, 0.5) is 0 Å². The third-order valence-corrected chi connectivity index (χ3v) is 6.29. The zero-order valence-electron chi connectivity index (χ0n) is 17.9. The van der Waals surface area contributed by atoms with Gasteiger partial charge in [0.1, 0.15) is 6.61 Å². The molecule has 0 spiro atoms. The Labute approximate surface area is 199 Å². The van der Waals surface area contributed by atoms with Gasteiger partial charge in [-0.3, -0.25) is 0 Å². The number of benzene rings is 2. The predicted molar refractivity (Wildman–Crippen MR) is 131 cm³/mol. The van der Waals surface area contributed by atoms with Crippen LogP contribution in [0.1, 0.15) is 63.5 Å². The maximum absolute atomic E-state index is 6.10. The fourth-order valence-corrected chi connectivity index (χ4v) is 3.92. The standard InChI is InChI=1S/C24H32BrCl2NO2/c1-3-5-6-7-8-9-12-28-16-19-14-23(29-4-2)24(15-20(19)25)30-17-18-10-11-21(26)22(27)13-18/h10-11,13-15,28H,3-9,12,16-17H2,1-2H3. The molecule has 0 aromatic heterocycles. The Morgan fingerprint density at radius 2 is 1.60 bits per heavy atom. The lowest BCUT2D eigenvalue weighted by Gasteiger charge is -2.16. The maximum Gasteiger partial charge on any atom is 0.162 e. The first-order valence-corrected chi connectivity index (χ1v) is 12.3. The molecule has 0 fully saturated rings. The molecule has 3 nitrogen and oxygen atoms in total. The van der Waals surface area contributed by atoms with Gasteiger partial charge < -0.3 is 14.8 Å². The lowest BCUT2D eigenvalue weighted by Crippen LogP contribution is -2.15. The number of hydrogen-bond donors (Lipinski definition) is 1. The van der Waals surface area contributed by atoms with Crippen molar-refractivity contribution in [3.05, 3.63) is 56.0 Å². The van der Waals surface area contributed by atoms with E-state index in [9.17, 15) is 0 Å². The highest BCUT2D eigenvalue weighted by molar-refractivity contribution is 9.10. The molecular formula is C24H32BrCl2NO2. The van der Waals surface area contributed by atoms with E-state index in [1.54, 1.807) is 6.07 Å². The van der Waals surface area contributed by atoms with Crippen molar-refractivity contribution in [1.29, 1.82) is 0 Å². The summed E-state index contributed by atoms with van der Waals surface area (Å²) in [6.45, 7) is 7.01. The van der Waals surface area contributed by atoms with Crippen LogP contribution in [-0.4, -0.2) is 13.2 Å². The number of hydrogen-bond acceptors (Lipinski definition) is 3. The number of halogens is 3. The summed E-state index contributed by atoms with van der Waals surface area (Å²) in [4.78, 5) is 0. The summed E-state index contributed by atoms with van der Waals surface area (Å²) < 4.78 is 12.8. The first kappa shape index (κ1) is 25.3. The Balaban J connectivity index is 1.91. The van der Waals surface area contributed by atoms with Crippen LogP contribution in [0, 0.1) is 0 Å². The van der Waals surface area contributed by atoms with Crippen LogP contribution in [0.5, 0.6) is 11.5 Å². The van der Waals surface area contributed by atoms with Crippen molar-refractivity contribution in [1.82, 2.24) is 5.32 Å². The molecule has 0 heterocycles. The van der Waals surface area contributed by atoms with Gasteiger partial charge in [-0.1, -0.05) is 84.2 Å². The van der Waals surface area contributed by atoms with Crippen LogP contribution < -0.4 is 14.8 Å². The zero-order chi connectivity index (χ0) is 21.8. The molecule has 0 saturated carbocycles. The number of nitrogens with one attached hydrogen (secondary N) is 1. The Bertz CT molecular complexity index is 786. The van der Waals surface area contributed by atoms with Gasteiger partial charge in [0.2, 0.25) is 0 Å². The largest absolute Gasteiger partial charge is 0.490 e. The van der Waals surface area contributed by atoms with Gasteiger partial charge in [0.25, 0.3) is 0 Å². The third kappa shape index (κ3) is 8.66. The molecular weight excluding hydrogens is 485 g/mol. The van der Waals surface area contributed by atoms with E-state index in [2.05, 4.69) is 28.2 Å². The number of ether oxygens (including phenoxy) is 2. The smallest absolute Gasteiger partial charge is 0.162 e. The lowest BCUT2D eigenvalue weighted by molar-refractivity contribution is 0.269. The monoisotopic (exact) mass is 515 g/mol. The Hall–Kier alpha value is -0.940. The highest BCUT2D eigenvalue weighted by Gasteiger charge is 2.12. The van der Waals surface area contributed by atoms with E-state index in [-0.39, 0.29) is 0 Å². The molecule has 0 atom stereocenters. The molecule has 0 amide bonds. The van der Waals surface area contributed by atoms with Crippen LogP contribution >= 0.6 is 39.1 Å². The van der Waals surface area contributed by atoms with E-state index in [1.807, 2.05) is 31.2 Å². The highest BCUT2D eigenvalue weighted by atomic mass is 79.9. The molecule has 2 aromatic rings. The Kier molecular flexibility index (Phi) is 12.0. The van der Waals surface area contributed by atoms with Gasteiger partial charge in [-0.15, -0.1) is 0 Å². The lowest BCUT2D eigenvalue weighted by atomic mass is 10.1. The molecule has 0 radical (unpaired) electrons. The van der Waals surface area contributed by atoms with Gasteiger partial charge in [0, 0.05) is 11.0 Å².